The molecule has 0 radical (unpaired) electrons. The normalized spacial score (nSPS) is 12.1. The van der Waals surface area contributed by atoms with Gasteiger partial charge < -0.3 is 10.8 Å². The second kappa shape index (κ2) is 5.35. The topological polar surface area (TPSA) is 106 Å². The summed E-state index contributed by atoms with van der Waals surface area (Å²) in [5.41, 5.74) is 4.65. The highest BCUT2D eigenvalue weighted by atomic mass is 19.1. The molecular weight excluding hydrogens is 231 g/mol. The minimum Gasteiger partial charge on any atom is -0.481 e. The summed E-state index contributed by atoms with van der Waals surface area (Å²) in [7, 11) is 0. The predicted octanol–water partition coefficient (Wildman–Crippen LogP) is 1.25. The molecule has 1 aromatic carbocycles. The van der Waals surface area contributed by atoms with Gasteiger partial charge in [-0.3, -0.25) is 14.9 Å². The van der Waals surface area contributed by atoms with E-state index in [0.717, 1.165) is 12.1 Å². The van der Waals surface area contributed by atoms with Crippen molar-refractivity contribution < 1.29 is 19.2 Å². The van der Waals surface area contributed by atoms with Crippen LogP contribution in [0.3, 0.4) is 0 Å². The molecule has 0 saturated carbocycles. The molecule has 17 heavy (non-hydrogen) atoms. The third-order valence-corrected chi connectivity index (χ3v) is 2.34. The molecule has 0 fully saturated rings. The Kier molecular flexibility index (Phi) is 4.11. The number of rotatable bonds is 5. The quantitative estimate of drug-likeness (QED) is 0.597. The Morgan fingerprint density at radius 3 is 2.71 bits per heavy atom. The van der Waals surface area contributed by atoms with Gasteiger partial charge in [0.25, 0.3) is 5.69 Å². The van der Waals surface area contributed by atoms with Crippen LogP contribution in [0.15, 0.2) is 18.2 Å². The Morgan fingerprint density at radius 1 is 1.59 bits per heavy atom. The van der Waals surface area contributed by atoms with E-state index in [1.165, 1.54) is 6.07 Å². The molecule has 1 rings (SSSR count). The van der Waals surface area contributed by atoms with Crippen molar-refractivity contribution in [3.8, 4) is 0 Å². The molecule has 0 aliphatic heterocycles. The average molecular weight is 242 g/mol. The van der Waals surface area contributed by atoms with E-state index in [1.807, 2.05) is 0 Å². The molecule has 0 bridgehead atoms. The van der Waals surface area contributed by atoms with Crippen molar-refractivity contribution in [3.05, 3.63) is 39.7 Å². The Balaban J connectivity index is 3.25. The molecule has 0 amide bonds. The zero-order valence-corrected chi connectivity index (χ0v) is 8.80. The Morgan fingerprint density at radius 2 is 2.24 bits per heavy atom. The SMILES string of the molecule is NCC(CC(=O)O)c1c(F)cccc1[N+](=O)[O-]. The number of carboxylic acids is 1. The number of aliphatic carboxylic acids is 1. The second-order valence-corrected chi connectivity index (χ2v) is 3.46. The third kappa shape index (κ3) is 2.97. The minimum atomic E-state index is -1.18. The van der Waals surface area contributed by atoms with Gasteiger partial charge in [0.1, 0.15) is 5.82 Å². The smallest absolute Gasteiger partial charge is 0.304 e. The summed E-state index contributed by atoms with van der Waals surface area (Å²) in [6.07, 6.45) is -0.446. The minimum absolute atomic E-state index is 0.173. The predicted molar refractivity (Wildman–Crippen MR) is 57.1 cm³/mol. The summed E-state index contributed by atoms with van der Waals surface area (Å²) in [5.74, 6) is -2.90. The lowest BCUT2D eigenvalue weighted by Crippen LogP contribution is -2.18. The molecule has 92 valence electrons. The number of nitro groups is 1. The summed E-state index contributed by atoms with van der Waals surface area (Å²) in [6, 6.07) is 3.38. The van der Waals surface area contributed by atoms with Gasteiger partial charge in [0.2, 0.25) is 0 Å². The number of nitro benzene ring substituents is 1. The monoisotopic (exact) mass is 242 g/mol. The number of hydrogen-bond acceptors (Lipinski definition) is 4. The lowest BCUT2D eigenvalue weighted by Gasteiger charge is -2.13. The van der Waals surface area contributed by atoms with E-state index in [4.69, 9.17) is 10.8 Å². The highest BCUT2D eigenvalue weighted by molar-refractivity contribution is 5.68. The van der Waals surface area contributed by atoms with Crippen molar-refractivity contribution in [1.82, 2.24) is 0 Å². The van der Waals surface area contributed by atoms with Crippen molar-refractivity contribution >= 4 is 11.7 Å². The van der Waals surface area contributed by atoms with Gasteiger partial charge in [-0.1, -0.05) is 6.07 Å². The summed E-state index contributed by atoms with van der Waals surface area (Å²) in [4.78, 5) is 20.6. The molecule has 0 spiro atoms. The van der Waals surface area contributed by atoms with Crippen LogP contribution in [0.1, 0.15) is 17.9 Å². The zero-order valence-electron chi connectivity index (χ0n) is 8.80. The summed E-state index contributed by atoms with van der Waals surface area (Å²) >= 11 is 0. The average Bonchev–Trinajstić information content (AvgIpc) is 2.25. The van der Waals surface area contributed by atoms with Crippen LogP contribution < -0.4 is 5.73 Å². The number of carboxylic acid groups (broad SMARTS) is 1. The van der Waals surface area contributed by atoms with Crippen LogP contribution in [0.2, 0.25) is 0 Å². The van der Waals surface area contributed by atoms with E-state index < -0.39 is 34.7 Å². The molecule has 0 saturated heterocycles. The van der Waals surface area contributed by atoms with Crippen LogP contribution >= 0.6 is 0 Å². The third-order valence-electron chi connectivity index (χ3n) is 2.34. The number of nitrogens with zero attached hydrogens (tertiary/aromatic N) is 1. The largest absolute Gasteiger partial charge is 0.481 e. The summed E-state index contributed by atoms with van der Waals surface area (Å²) in [5, 5.41) is 19.4. The lowest BCUT2D eigenvalue weighted by atomic mass is 9.94. The molecule has 6 nitrogen and oxygen atoms in total. The van der Waals surface area contributed by atoms with Crippen LogP contribution in [0.5, 0.6) is 0 Å². The maximum absolute atomic E-state index is 13.5. The van der Waals surface area contributed by atoms with Crippen LogP contribution in [-0.4, -0.2) is 22.5 Å². The molecule has 0 aromatic heterocycles. The maximum Gasteiger partial charge on any atom is 0.304 e. The highest BCUT2D eigenvalue weighted by Gasteiger charge is 2.26. The summed E-state index contributed by atoms with van der Waals surface area (Å²) in [6.45, 7) is -0.173. The van der Waals surface area contributed by atoms with E-state index in [-0.39, 0.29) is 12.1 Å². The number of halogens is 1. The van der Waals surface area contributed by atoms with Crippen molar-refractivity contribution in [2.75, 3.05) is 6.54 Å². The molecule has 1 atom stereocenters. The fourth-order valence-electron chi connectivity index (χ4n) is 1.60. The van der Waals surface area contributed by atoms with E-state index in [0.29, 0.717) is 0 Å². The Labute approximate surface area is 96.0 Å². The van der Waals surface area contributed by atoms with E-state index in [2.05, 4.69) is 0 Å². The van der Waals surface area contributed by atoms with Crippen molar-refractivity contribution in [2.45, 2.75) is 12.3 Å². The van der Waals surface area contributed by atoms with Gasteiger partial charge in [0.15, 0.2) is 0 Å². The first kappa shape index (κ1) is 13.0. The van der Waals surface area contributed by atoms with Crippen LogP contribution in [0.4, 0.5) is 10.1 Å². The summed E-state index contributed by atoms with van der Waals surface area (Å²) < 4.78 is 13.5. The molecular formula is C10H11FN2O4. The number of carbonyl (C=O) groups is 1. The van der Waals surface area contributed by atoms with Gasteiger partial charge in [-0.15, -0.1) is 0 Å². The highest BCUT2D eigenvalue weighted by Crippen LogP contribution is 2.30. The van der Waals surface area contributed by atoms with E-state index in [1.54, 1.807) is 0 Å². The second-order valence-electron chi connectivity index (χ2n) is 3.46. The lowest BCUT2D eigenvalue weighted by molar-refractivity contribution is -0.385. The zero-order chi connectivity index (χ0) is 13.0. The number of nitrogens with two attached hydrogens (primary N) is 1. The molecule has 0 aliphatic carbocycles. The van der Waals surface area contributed by atoms with Gasteiger partial charge in [0, 0.05) is 18.5 Å². The molecule has 0 heterocycles. The standard InChI is InChI=1S/C10H11FN2O4/c11-7-2-1-3-8(13(16)17)10(7)6(5-12)4-9(14)15/h1-3,6H,4-5,12H2,(H,14,15). The van der Waals surface area contributed by atoms with Gasteiger partial charge >= 0.3 is 5.97 Å². The van der Waals surface area contributed by atoms with E-state index in [9.17, 15) is 19.3 Å². The molecule has 3 N–H and O–H groups in total. The fraction of sp³-hybridized carbons (Fsp3) is 0.300. The van der Waals surface area contributed by atoms with Crippen LogP contribution in [0, 0.1) is 15.9 Å². The number of benzene rings is 1. The molecule has 7 heteroatoms. The van der Waals surface area contributed by atoms with Gasteiger partial charge in [-0.05, 0) is 6.07 Å². The first-order valence-electron chi connectivity index (χ1n) is 4.82. The molecule has 0 aliphatic rings. The Bertz CT molecular complexity index is 450. The first-order chi connectivity index (χ1) is 7.97. The molecule has 1 unspecified atom stereocenters. The van der Waals surface area contributed by atoms with Gasteiger partial charge in [-0.2, -0.15) is 0 Å². The van der Waals surface area contributed by atoms with Crippen molar-refractivity contribution in [1.29, 1.82) is 0 Å². The maximum atomic E-state index is 13.5. The van der Waals surface area contributed by atoms with Crippen molar-refractivity contribution in [2.24, 2.45) is 5.73 Å². The van der Waals surface area contributed by atoms with Gasteiger partial charge in [0.05, 0.1) is 16.9 Å². The fourth-order valence-corrected chi connectivity index (χ4v) is 1.60. The Hall–Kier alpha value is -2.02. The first-order valence-corrected chi connectivity index (χ1v) is 4.82. The van der Waals surface area contributed by atoms with Crippen LogP contribution in [0.25, 0.3) is 0 Å². The van der Waals surface area contributed by atoms with E-state index >= 15 is 0 Å². The van der Waals surface area contributed by atoms with Crippen LogP contribution in [-0.2, 0) is 4.79 Å². The van der Waals surface area contributed by atoms with Gasteiger partial charge in [-0.25, -0.2) is 4.39 Å². The number of hydrogen-bond donors (Lipinski definition) is 2. The van der Waals surface area contributed by atoms with Crippen molar-refractivity contribution in [3.63, 3.8) is 0 Å². The molecule has 1 aromatic rings.